The summed E-state index contributed by atoms with van der Waals surface area (Å²) in [5.74, 6) is -0.136. The lowest BCUT2D eigenvalue weighted by molar-refractivity contribution is -0.0308. The lowest BCUT2D eigenvalue weighted by atomic mass is 9.69. The first-order valence-corrected chi connectivity index (χ1v) is 7.01. The molecule has 0 radical (unpaired) electrons. The Morgan fingerprint density at radius 2 is 1.84 bits per heavy atom. The number of halogens is 1. The second kappa shape index (κ2) is 5.12. The van der Waals surface area contributed by atoms with Crippen LogP contribution in [0, 0.1) is 11.2 Å². The van der Waals surface area contributed by atoms with Gasteiger partial charge in [-0.05, 0) is 55.7 Å². The van der Waals surface area contributed by atoms with Gasteiger partial charge in [0, 0.05) is 0 Å². The summed E-state index contributed by atoms with van der Waals surface area (Å²) in [6.07, 6.45) is 3.29. The zero-order valence-corrected chi connectivity index (χ0v) is 12.0. The van der Waals surface area contributed by atoms with Crippen molar-refractivity contribution >= 4 is 0 Å². The van der Waals surface area contributed by atoms with Crippen LogP contribution in [0.4, 0.5) is 4.39 Å². The fraction of sp³-hybridized carbons (Fsp3) is 0.625. The van der Waals surface area contributed by atoms with Crippen molar-refractivity contribution in [3.63, 3.8) is 0 Å². The van der Waals surface area contributed by atoms with Crippen LogP contribution in [0.1, 0.15) is 52.0 Å². The third kappa shape index (κ3) is 3.08. The summed E-state index contributed by atoms with van der Waals surface area (Å²) < 4.78 is 19.1. The van der Waals surface area contributed by atoms with E-state index in [0.717, 1.165) is 12.8 Å². The predicted molar refractivity (Wildman–Crippen MR) is 73.7 cm³/mol. The van der Waals surface area contributed by atoms with Gasteiger partial charge in [-0.25, -0.2) is 4.39 Å². The van der Waals surface area contributed by atoms with E-state index in [-0.39, 0.29) is 11.2 Å². The van der Waals surface area contributed by atoms with Crippen LogP contribution < -0.4 is 4.74 Å². The van der Waals surface area contributed by atoms with Crippen LogP contribution in [0.3, 0.4) is 0 Å². The highest BCUT2D eigenvalue weighted by atomic mass is 19.1. The largest absolute Gasteiger partial charge is 0.491 e. The zero-order chi connectivity index (χ0) is 14.1. The van der Waals surface area contributed by atoms with Crippen molar-refractivity contribution in [1.82, 2.24) is 0 Å². The van der Waals surface area contributed by atoms with Crippen molar-refractivity contribution in [1.29, 1.82) is 0 Å². The second-order valence-corrected chi connectivity index (χ2v) is 6.27. The van der Waals surface area contributed by atoms with Crippen molar-refractivity contribution in [3.05, 3.63) is 29.6 Å². The summed E-state index contributed by atoms with van der Waals surface area (Å²) in [6.45, 7) is 6.69. The number of hydrogen-bond acceptors (Lipinski definition) is 2. The van der Waals surface area contributed by atoms with Crippen LogP contribution in [0.5, 0.6) is 5.75 Å². The number of ether oxygens (including phenoxy) is 1. The van der Waals surface area contributed by atoms with E-state index in [2.05, 4.69) is 13.8 Å². The molecule has 1 saturated carbocycles. The maximum Gasteiger partial charge on any atom is 0.165 e. The van der Waals surface area contributed by atoms with Gasteiger partial charge in [0.2, 0.25) is 0 Å². The van der Waals surface area contributed by atoms with Gasteiger partial charge < -0.3 is 9.84 Å². The monoisotopic (exact) mass is 266 g/mol. The molecule has 1 fully saturated rings. The van der Waals surface area contributed by atoms with Crippen LogP contribution in [0.15, 0.2) is 18.2 Å². The Morgan fingerprint density at radius 1 is 1.21 bits per heavy atom. The highest BCUT2D eigenvalue weighted by Gasteiger charge is 2.38. The molecule has 0 spiro atoms. The maximum atomic E-state index is 13.9. The van der Waals surface area contributed by atoms with Gasteiger partial charge in [0.05, 0.1) is 12.2 Å². The molecule has 0 atom stereocenters. The van der Waals surface area contributed by atoms with Gasteiger partial charge in [-0.15, -0.1) is 0 Å². The fourth-order valence-electron chi connectivity index (χ4n) is 2.69. The predicted octanol–water partition coefficient (Wildman–Crippen LogP) is 4.01. The standard InChI is InChI=1S/C16H23FO2/c1-4-19-14-6-5-12(11-13(14)17)16(18)9-7-15(2,3)8-10-16/h5-6,11,18H,4,7-10H2,1-3H3. The summed E-state index contributed by atoms with van der Waals surface area (Å²) >= 11 is 0. The SMILES string of the molecule is CCOc1ccc(C2(O)CCC(C)(C)CC2)cc1F. The highest BCUT2D eigenvalue weighted by Crippen LogP contribution is 2.45. The Bertz CT molecular complexity index is 444. The third-order valence-electron chi connectivity index (χ3n) is 4.20. The highest BCUT2D eigenvalue weighted by molar-refractivity contribution is 5.33. The fourth-order valence-corrected chi connectivity index (χ4v) is 2.69. The van der Waals surface area contributed by atoms with E-state index in [1.54, 1.807) is 12.1 Å². The zero-order valence-electron chi connectivity index (χ0n) is 12.0. The van der Waals surface area contributed by atoms with E-state index in [1.165, 1.54) is 6.07 Å². The number of aliphatic hydroxyl groups is 1. The molecule has 1 aromatic carbocycles. The van der Waals surface area contributed by atoms with Crippen molar-refractivity contribution in [2.24, 2.45) is 5.41 Å². The normalized spacial score (nSPS) is 21.1. The van der Waals surface area contributed by atoms with E-state index in [1.807, 2.05) is 6.92 Å². The van der Waals surface area contributed by atoms with Crippen LogP contribution in [-0.4, -0.2) is 11.7 Å². The van der Waals surface area contributed by atoms with Crippen molar-refractivity contribution in [3.8, 4) is 5.75 Å². The summed E-state index contributed by atoms with van der Waals surface area (Å²) in [4.78, 5) is 0. The molecule has 0 saturated heterocycles. The average Bonchev–Trinajstić information content (AvgIpc) is 2.36. The first-order chi connectivity index (χ1) is 8.86. The lowest BCUT2D eigenvalue weighted by Crippen LogP contribution is -2.34. The molecule has 2 nitrogen and oxygen atoms in total. The summed E-state index contributed by atoms with van der Waals surface area (Å²) in [5.41, 5.74) is 0.0564. The Morgan fingerprint density at radius 3 is 2.37 bits per heavy atom. The molecule has 0 heterocycles. The Balaban J connectivity index is 2.20. The molecule has 0 aromatic heterocycles. The topological polar surface area (TPSA) is 29.5 Å². The molecule has 1 aliphatic carbocycles. The average molecular weight is 266 g/mol. The molecule has 1 aliphatic rings. The molecule has 19 heavy (non-hydrogen) atoms. The number of benzene rings is 1. The van der Waals surface area contributed by atoms with E-state index >= 15 is 0 Å². The van der Waals surface area contributed by atoms with Crippen molar-refractivity contribution < 1.29 is 14.2 Å². The smallest absolute Gasteiger partial charge is 0.165 e. The van der Waals surface area contributed by atoms with Gasteiger partial charge in [-0.1, -0.05) is 19.9 Å². The Kier molecular flexibility index (Phi) is 3.86. The van der Waals surface area contributed by atoms with Crippen molar-refractivity contribution in [2.75, 3.05) is 6.61 Å². The molecular formula is C16H23FO2. The minimum absolute atomic E-state index is 0.256. The van der Waals surface area contributed by atoms with Crippen LogP contribution in [0.25, 0.3) is 0 Å². The molecule has 3 heteroatoms. The van der Waals surface area contributed by atoms with Gasteiger partial charge in [-0.3, -0.25) is 0 Å². The minimum Gasteiger partial charge on any atom is -0.491 e. The molecule has 0 aliphatic heterocycles. The Labute approximate surface area is 114 Å². The summed E-state index contributed by atoms with van der Waals surface area (Å²) in [7, 11) is 0. The second-order valence-electron chi connectivity index (χ2n) is 6.27. The van der Waals surface area contributed by atoms with Gasteiger partial charge in [-0.2, -0.15) is 0 Å². The first-order valence-electron chi connectivity index (χ1n) is 7.01. The molecular weight excluding hydrogens is 243 g/mol. The molecule has 0 amide bonds. The summed E-state index contributed by atoms with van der Waals surface area (Å²) in [5, 5.41) is 10.7. The van der Waals surface area contributed by atoms with Crippen molar-refractivity contribution in [2.45, 2.75) is 52.1 Å². The molecule has 0 bridgehead atoms. The van der Waals surface area contributed by atoms with E-state index in [9.17, 15) is 9.50 Å². The van der Waals surface area contributed by atoms with Crippen LogP contribution in [0.2, 0.25) is 0 Å². The lowest BCUT2D eigenvalue weighted by Gasteiger charge is -2.40. The van der Waals surface area contributed by atoms with E-state index in [4.69, 9.17) is 4.74 Å². The molecule has 1 aromatic rings. The number of hydrogen-bond donors (Lipinski definition) is 1. The maximum absolute atomic E-state index is 13.9. The van der Waals surface area contributed by atoms with Crippen LogP contribution >= 0.6 is 0 Å². The molecule has 0 unspecified atom stereocenters. The quantitative estimate of drug-likeness (QED) is 0.895. The Hall–Kier alpha value is -1.09. The van der Waals surface area contributed by atoms with E-state index in [0.29, 0.717) is 25.0 Å². The van der Waals surface area contributed by atoms with E-state index < -0.39 is 11.4 Å². The third-order valence-corrected chi connectivity index (χ3v) is 4.20. The van der Waals surface area contributed by atoms with Gasteiger partial charge in [0.25, 0.3) is 0 Å². The molecule has 2 rings (SSSR count). The summed E-state index contributed by atoms with van der Waals surface area (Å²) in [6, 6.07) is 4.82. The van der Waals surface area contributed by atoms with Gasteiger partial charge >= 0.3 is 0 Å². The van der Waals surface area contributed by atoms with Crippen LogP contribution in [-0.2, 0) is 5.60 Å². The molecule has 106 valence electrons. The number of rotatable bonds is 3. The van der Waals surface area contributed by atoms with Gasteiger partial charge in [0.15, 0.2) is 11.6 Å². The molecule has 1 N–H and O–H groups in total. The van der Waals surface area contributed by atoms with Gasteiger partial charge in [0.1, 0.15) is 0 Å². The first kappa shape index (κ1) is 14.3. The minimum atomic E-state index is -0.888.